The van der Waals surface area contributed by atoms with E-state index < -0.39 is 17.6 Å². The summed E-state index contributed by atoms with van der Waals surface area (Å²) in [5, 5.41) is 32.3. The first-order valence-corrected chi connectivity index (χ1v) is 13.7. The Kier molecular flexibility index (Phi) is 4.64. The second-order valence-electron chi connectivity index (χ2n) is 14.7. The Hall–Kier alpha value is -0.420. The largest absolute Gasteiger partial charge is 0.396 e. The predicted octanol–water partition coefficient (Wildman–Crippen LogP) is 4.85. The topological polar surface area (TPSA) is 69.9 Å². The zero-order valence-electron chi connectivity index (χ0n) is 21.5. The van der Waals surface area contributed by atoms with Crippen molar-refractivity contribution in [2.75, 3.05) is 13.2 Å². The average molecular weight is 459 g/mol. The first-order chi connectivity index (χ1) is 15.4. The average Bonchev–Trinajstić information content (AvgIpc) is 3.03. The van der Waals surface area contributed by atoms with Crippen LogP contribution < -0.4 is 0 Å². The van der Waals surface area contributed by atoms with Gasteiger partial charge in [0.25, 0.3) is 0 Å². The van der Waals surface area contributed by atoms with E-state index in [-0.39, 0.29) is 34.9 Å². The molecule has 1 aliphatic heterocycles. The number of hydrogen-bond donors (Lipinski definition) is 3. The van der Waals surface area contributed by atoms with Crippen LogP contribution in [-0.2, 0) is 4.74 Å². The molecule has 0 radical (unpaired) electrons. The van der Waals surface area contributed by atoms with Crippen molar-refractivity contribution in [1.29, 1.82) is 0 Å². The molecule has 0 aromatic heterocycles. The zero-order chi connectivity index (χ0) is 23.7. The Bertz CT molecular complexity index is 885. The lowest BCUT2D eigenvalue weighted by atomic mass is 9.34. The van der Waals surface area contributed by atoms with Crippen LogP contribution in [0.3, 0.4) is 0 Å². The van der Waals surface area contributed by atoms with E-state index >= 15 is 0 Å². The van der Waals surface area contributed by atoms with Crippen molar-refractivity contribution in [2.45, 2.75) is 111 Å². The molecular formula is C29H46O4. The molecule has 5 fully saturated rings. The first kappa shape index (κ1) is 23.0. The molecule has 3 N–H and O–H groups in total. The van der Waals surface area contributed by atoms with Gasteiger partial charge in [0.05, 0.1) is 31.5 Å². The quantitative estimate of drug-likeness (QED) is 0.491. The number of allylic oxidation sites excluding steroid dienone is 1. The van der Waals surface area contributed by atoms with Gasteiger partial charge in [-0.05, 0) is 96.9 Å². The lowest BCUT2D eigenvalue weighted by Crippen LogP contribution is -2.68. The second-order valence-corrected chi connectivity index (χ2v) is 14.7. The van der Waals surface area contributed by atoms with E-state index in [9.17, 15) is 15.3 Å². The molecule has 0 aromatic carbocycles. The highest BCUT2D eigenvalue weighted by Crippen LogP contribution is 2.75. The molecule has 11 atom stereocenters. The summed E-state index contributed by atoms with van der Waals surface area (Å²) in [5.41, 5.74) is 1.85. The SMILES string of the molecule is C[C@]12CC[C@]3(CC[C@]4(C)C(=CC[C@@H]5[C@@]6(C)CC(O)C(O)[C@@](C)(CO)[C@@H]6CC[C@]54C)[C@@H]3OC1)C2. The van der Waals surface area contributed by atoms with E-state index in [0.717, 1.165) is 25.9 Å². The Labute approximate surface area is 200 Å². The Morgan fingerprint density at radius 1 is 0.970 bits per heavy atom. The number of rotatable bonds is 1. The molecule has 0 amide bonds. The molecule has 4 saturated carbocycles. The van der Waals surface area contributed by atoms with Crippen LogP contribution in [0.5, 0.6) is 0 Å². The molecular weight excluding hydrogens is 412 g/mol. The second kappa shape index (κ2) is 6.66. The lowest BCUT2D eigenvalue weighted by Gasteiger charge is -2.71. The normalized spacial score (nSPS) is 61.9. The van der Waals surface area contributed by atoms with Crippen molar-refractivity contribution in [1.82, 2.24) is 0 Å². The Morgan fingerprint density at radius 3 is 2.42 bits per heavy atom. The zero-order valence-corrected chi connectivity index (χ0v) is 21.5. The number of fused-ring (bicyclic) bond motifs is 7. The molecule has 186 valence electrons. The van der Waals surface area contributed by atoms with Crippen LogP contribution in [0.2, 0.25) is 0 Å². The van der Waals surface area contributed by atoms with Crippen molar-refractivity contribution >= 4 is 0 Å². The fourth-order valence-electron chi connectivity index (χ4n) is 11.2. The molecule has 4 heteroatoms. The van der Waals surface area contributed by atoms with Gasteiger partial charge < -0.3 is 20.1 Å². The molecule has 1 saturated heterocycles. The van der Waals surface area contributed by atoms with Crippen LogP contribution in [0.1, 0.15) is 92.4 Å². The van der Waals surface area contributed by atoms with Crippen molar-refractivity contribution in [3.05, 3.63) is 11.6 Å². The summed E-state index contributed by atoms with van der Waals surface area (Å²) in [4.78, 5) is 0. The lowest BCUT2D eigenvalue weighted by molar-refractivity contribution is -0.245. The van der Waals surface area contributed by atoms with E-state index in [0.29, 0.717) is 23.2 Å². The maximum Gasteiger partial charge on any atom is 0.0877 e. The monoisotopic (exact) mass is 458 g/mol. The van der Waals surface area contributed by atoms with Crippen molar-refractivity contribution in [3.63, 3.8) is 0 Å². The molecule has 6 aliphatic rings. The van der Waals surface area contributed by atoms with Crippen LogP contribution >= 0.6 is 0 Å². The predicted molar refractivity (Wildman–Crippen MR) is 128 cm³/mol. The van der Waals surface area contributed by atoms with Crippen molar-refractivity contribution in [2.24, 2.45) is 44.3 Å². The van der Waals surface area contributed by atoms with Gasteiger partial charge in [-0.25, -0.2) is 0 Å². The van der Waals surface area contributed by atoms with Gasteiger partial charge in [-0.1, -0.05) is 40.7 Å². The number of hydrogen-bond acceptors (Lipinski definition) is 4. The van der Waals surface area contributed by atoms with Crippen molar-refractivity contribution < 1.29 is 20.1 Å². The van der Waals surface area contributed by atoms with Gasteiger partial charge in [0, 0.05) is 10.8 Å². The molecule has 2 bridgehead atoms. The molecule has 5 aliphatic carbocycles. The maximum atomic E-state index is 11.0. The summed E-state index contributed by atoms with van der Waals surface area (Å²) >= 11 is 0. The van der Waals surface area contributed by atoms with Gasteiger partial charge in [-0.15, -0.1) is 0 Å². The van der Waals surface area contributed by atoms with Gasteiger partial charge >= 0.3 is 0 Å². The standard InChI is InChI=1S/C29H46O4/c1-24-10-12-29(15-24)13-11-27(4)18(23(29)33-17-24)6-7-21-25(2)14-19(31)22(32)26(3,16-30)20(25)8-9-28(21,27)5/h6,19-23,30-32H,7-17H2,1-5H3/t19?,20-,21-,22?,23+,24-,25+,26+,27-,28-,29+/m1/s1. The molecule has 0 aromatic rings. The van der Waals surface area contributed by atoms with E-state index in [1.807, 2.05) is 6.92 Å². The van der Waals surface area contributed by atoms with E-state index in [1.54, 1.807) is 5.57 Å². The van der Waals surface area contributed by atoms with Gasteiger partial charge in [0.15, 0.2) is 0 Å². The number of aliphatic hydroxyl groups is 3. The third kappa shape index (κ3) is 2.58. The summed E-state index contributed by atoms with van der Waals surface area (Å²) in [5.74, 6) is 0.665. The van der Waals surface area contributed by atoms with Gasteiger partial charge in [0.1, 0.15) is 0 Å². The number of aliphatic hydroxyl groups excluding tert-OH is 3. The Balaban J connectivity index is 1.42. The van der Waals surface area contributed by atoms with Crippen molar-refractivity contribution in [3.8, 4) is 0 Å². The molecule has 2 unspecified atom stereocenters. The minimum atomic E-state index is -0.850. The van der Waals surface area contributed by atoms with Gasteiger partial charge in [-0.2, -0.15) is 0 Å². The summed E-state index contributed by atoms with van der Waals surface area (Å²) in [6.45, 7) is 12.7. The van der Waals surface area contributed by atoms with Crippen LogP contribution in [0.25, 0.3) is 0 Å². The summed E-state index contributed by atoms with van der Waals surface area (Å²) in [6, 6.07) is 0. The van der Waals surface area contributed by atoms with Gasteiger partial charge in [-0.3, -0.25) is 0 Å². The third-order valence-corrected chi connectivity index (χ3v) is 13.2. The fourth-order valence-corrected chi connectivity index (χ4v) is 11.2. The van der Waals surface area contributed by atoms with E-state index in [4.69, 9.17) is 4.74 Å². The smallest absolute Gasteiger partial charge is 0.0877 e. The molecule has 1 spiro atoms. The highest BCUT2D eigenvalue weighted by Gasteiger charge is 2.70. The van der Waals surface area contributed by atoms with Crippen LogP contribution in [-0.4, -0.2) is 46.8 Å². The maximum absolute atomic E-state index is 11.0. The highest BCUT2D eigenvalue weighted by atomic mass is 16.5. The van der Waals surface area contributed by atoms with E-state index in [2.05, 4.69) is 33.8 Å². The van der Waals surface area contributed by atoms with Crippen LogP contribution in [0.15, 0.2) is 11.6 Å². The van der Waals surface area contributed by atoms with E-state index in [1.165, 1.54) is 32.1 Å². The molecule has 1 heterocycles. The molecule has 6 rings (SSSR count). The third-order valence-electron chi connectivity index (χ3n) is 13.2. The van der Waals surface area contributed by atoms with Crippen LogP contribution in [0.4, 0.5) is 0 Å². The minimum Gasteiger partial charge on any atom is -0.396 e. The number of ether oxygens (including phenoxy) is 1. The first-order valence-electron chi connectivity index (χ1n) is 13.7. The summed E-state index contributed by atoms with van der Waals surface area (Å²) in [7, 11) is 0. The molecule has 33 heavy (non-hydrogen) atoms. The van der Waals surface area contributed by atoms with Crippen LogP contribution in [0, 0.1) is 44.3 Å². The minimum absolute atomic E-state index is 0.0650. The Morgan fingerprint density at radius 2 is 1.70 bits per heavy atom. The summed E-state index contributed by atoms with van der Waals surface area (Å²) in [6.07, 6.45) is 11.5. The molecule has 4 nitrogen and oxygen atoms in total. The fraction of sp³-hybridized carbons (Fsp3) is 0.931. The summed E-state index contributed by atoms with van der Waals surface area (Å²) < 4.78 is 6.76. The van der Waals surface area contributed by atoms with Gasteiger partial charge in [0.2, 0.25) is 0 Å². The highest BCUT2D eigenvalue weighted by molar-refractivity contribution is 5.35.